The van der Waals surface area contributed by atoms with E-state index in [1.165, 1.54) is 60.6 Å². The zero-order chi connectivity index (χ0) is 14.9. The van der Waals surface area contributed by atoms with Gasteiger partial charge in [-0.25, -0.2) is 0 Å². The standard InChI is InChI=1S/C19H29NS/c1-3-5-6-7-10-17(20-13-4-2)14-16-15-21-19-12-9-8-11-18(16)19/h8-9,11-12,15,17,20H,3-7,10,13-14H2,1-2H3. The lowest BCUT2D eigenvalue weighted by atomic mass is 9.99. The molecule has 0 radical (unpaired) electrons. The highest BCUT2D eigenvalue weighted by Crippen LogP contribution is 2.27. The molecule has 1 atom stereocenters. The van der Waals surface area contributed by atoms with Crippen molar-refractivity contribution in [3.05, 3.63) is 35.2 Å². The van der Waals surface area contributed by atoms with E-state index in [1.54, 1.807) is 0 Å². The van der Waals surface area contributed by atoms with Crippen LogP contribution in [0.5, 0.6) is 0 Å². The molecule has 0 saturated carbocycles. The largest absolute Gasteiger partial charge is 0.314 e. The topological polar surface area (TPSA) is 12.0 Å². The lowest BCUT2D eigenvalue weighted by Crippen LogP contribution is -2.31. The monoisotopic (exact) mass is 303 g/mol. The molecule has 2 rings (SSSR count). The summed E-state index contributed by atoms with van der Waals surface area (Å²) in [6.45, 7) is 5.67. The van der Waals surface area contributed by atoms with Crippen molar-refractivity contribution in [2.24, 2.45) is 0 Å². The second kappa shape index (κ2) is 9.22. The third kappa shape index (κ3) is 5.12. The van der Waals surface area contributed by atoms with E-state index in [1.807, 2.05) is 11.3 Å². The van der Waals surface area contributed by atoms with Crippen molar-refractivity contribution in [2.45, 2.75) is 64.8 Å². The normalized spacial score (nSPS) is 12.9. The molecule has 1 nitrogen and oxygen atoms in total. The Morgan fingerprint density at radius 3 is 2.71 bits per heavy atom. The van der Waals surface area contributed by atoms with Gasteiger partial charge in [-0.1, -0.05) is 57.7 Å². The molecule has 21 heavy (non-hydrogen) atoms. The van der Waals surface area contributed by atoms with E-state index in [0.717, 1.165) is 6.54 Å². The van der Waals surface area contributed by atoms with Gasteiger partial charge in [0.25, 0.3) is 0 Å². The first-order valence-electron chi connectivity index (χ1n) is 8.53. The summed E-state index contributed by atoms with van der Waals surface area (Å²) in [7, 11) is 0. The SMILES string of the molecule is CCCCCCC(Cc1csc2ccccc12)NCCC. The van der Waals surface area contributed by atoms with Gasteiger partial charge in [0.15, 0.2) is 0 Å². The van der Waals surface area contributed by atoms with Gasteiger partial charge in [-0.05, 0) is 48.2 Å². The quantitative estimate of drug-likeness (QED) is 0.548. The van der Waals surface area contributed by atoms with E-state index in [2.05, 4.69) is 48.8 Å². The Morgan fingerprint density at radius 1 is 1.05 bits per heavy atom. The van der Waals surface area contributed by atoms with E-state index in [0.29, 0.717) is 6.04 Å². The summed E-state index contributed by atoms with van der Waals surface area (Å²) in [6.07, 6.45) is 9.14. The van der Waals surface area contributed by atoms with Gasteiger partial charge in [-0.3, -0.25) is 0 Å². The van der Waals surface area contributed by atoms with Crippen molar-refractivity contribution in [2.75, 3.05) is 6.54 Å². The van der Waals surface area contributed by atoms with Gasteiger partial charge in [-0.2, -0.15) is 0 Å². The molecule has 2 aromatic rings. The number of fused-ring (bicyclic) bond motifs is 1. The molecule has 0 aliphatic heterocycles. The van der Waals surface area contributed by atoms with Crippen molar-refractivity contribution < 1.29 is 0 Å². The highest BCUT2D eigenvalue weighted by atomic mass is 32.1. The van der Waals surface area contributed by atoms with Crippen LogP contribution in [0.3, 0.4) is 0 Å². The first-order chi connectivity index (χ1) is 10.3. The van der Waals surface area contributed by atoms with Crippen LogP contribution in [-0.4, -0.2) is 12.6 Å². The molecular weight excluding hydrogens is 274 g/mol. The summed E-state index contributed by atoms with van der Waals surface area (Å²) >= 11 is 1.88. The van der Waals surface area contributed by atoms with E-state index in [9.17, 15) is 0 Å². The predicted molar refractivity (Wildman–Crippen MR) is 96.4 cm³/mol. The Morgan fingerprint density at radius 2 is 1.90 bits per heavy atom. The van der Waals surface area contributed by atoms with Gasteiger partial charge >= 0.3 is 0 Å². The molecule has 1 aromatic heterocycles. The molecule has 1 N–H and O–H groups in total. The first kappa shape index (κ1) is 16.5. The second-order valence-electron chi connectivity index (χ2n) is 5.96. The summed E-state index contributed by atoms with van der Waals surface area (Å²) in [5, 5.41) is 7.57. The van der Waals surface area contributed by atoms with Crippen LogP contribution in [0.1, 0.15) is 57.9 Å². The molecule has 0 amide bonds. The number of hydrogen-bond donors (Lipinski definition) is 1. The van der Waals surface area contributed by atoms with Gasteiger partial charge in [0.2, 0.25) is 0 Å². The Balaban J connectivity index is 1.96. The molecule has 0 aliphatic carbocycles. The zero-order valence-electron chi connectivity index (χ0n) is 13.5. The van der Waals surface area contributed by atoms with E-state index < -0.39 is 0 Å². The lowest BCUT2D eigenvalue weighted by Gasteiger charge is -2.18. The number of hydrogen-bond acceptors (Lipinski definition) is 2. The summed E-state index contributed by atoms with van der Waals surface area (Å²) in [5.74, 6) is 0. The van der Waals surface area contributed by atoms with Gasteiger partial charge in [0.05, 0.1) is 0 Å². The fourth-order valence-electron chi connectivity index (χ4n) is 2.90. The Labute approximate surface area is 133 Å². The molecule has 0 spiro atoms. The van der Waals surface area contributed by atoms with Crippen LogP contribution in [0.2, 0.25) is 0 Å². The predicted octanol–water partition coefficient (Wildman–Crippen LogP) is 5.78. The second-order valence-corrected chi connectivity index (χ2v) is 6.87. The molecule has 0 saturated heterocycles. The lowest BCUT2D eigenvalue weighted by molar-refractivity contribution is 0.454. The van der Waals surface area contributed by atoms with Gasteiger partial charge in [-0.15, -0.1) is 11.3 Å². The van der Waals surface area contributed by atoms with E-state index in [-0.39, 0.29) is 0 Å². The van der Waals surface area contributed by atoms with Crippen LogP contribution in [0.25, 0.3) is 10.1 Å². The van der Waals surface area contributed by atoms with Crippen LogP contribution in [-0.2, 0) is 6.42 Å². The molecular formula is C19H29NS. The fourth-order valence-corrected chi connectivity index (χ4v) is 3.87. The van der Waals surface area contributed by atoms with E-state index >= 15 is 0 Å². The van der Waals surface area contributed by atoms with Crippen molar-refractivity contribution in [1.82, 2.24) is 5.32 Å². The molecule has 2 heteroatoms. The van der Waals surface area contributed by atoms with Crippen LogP contribution in [0.15, 0.2) is 29.6 Å². The van der Waals surface area contributed by atoms with Crippen molar-refractivity contribution in [3.63, 3.8) is 0 Å². The number of nitrogens with one attached hydrogen (secondary N) is 1. The van der Waals surface area contributed by atoms with Gasteiger partial charge in [0.1, 0.15) is 0 Å². The minimum absolute atomic E-state index is 0.639. The molecule has 1 aromatic carbocycles. The van der Waals surface area contributed by atoms with Crippen molar-refractivity contribution >= 4 is 21.4 Å². The number of unbranched alkanes of at least 4 members (excludes halogenated alkanes) is 3. The van der Waals surface area contributed by atoms with Gasteiger partial charge < -0.3 is 5.32 Å². The van der Waals surface area contributed by atoms with Crippen molar-refractivity contribution in [3.8, 4) is 0 Å². The maximum atomic E-state index is 3.75. The number of benzene rings is 1. The Hall–Kier alpha value is -0.860. The summed E-state index contributed by atoms with van der Waals surface area (Å²) in [6, 6.07) is 9.45. The molecule has 1 unspecified atom stereocenters. The molecule has 116 valence electrons. The molecule has 0 fully saturated rings. The Bertz CT molecular complexity index is 517. The molecule has 0 bridgehead atoms. The fraction of sp³-hybridized carbons (Fsp3) is 0.579. The minimum Gasteiger partial charge on any atom is -0.314 e. The highest BCUT2D eigenvalue weighted by Gasteiger charge is 2.11. The highest BCUT2D eigenvalue weighted by molar-refractivity contribution is 7.17. The third-order valence-corrected chi connectivity index (χ3v) is 5.13. The third-order valence-electron chi connectivity index (χ3n) is 4.12. The van der Waals surface area contributed by atoms with Crippen LogP contribution < -0.4 is 5.32 Å². The Kier molecular flexibility index (Phi) is 7.25. The molecule has 1 heterocycles. The van der Waals surface area contributed by atoms with E-state index in [4.69, 9.17) is 0 Å². The minimum atomic E-state index is 0.639. The maximum absolute atomic E-state index is 3.75. The van der Waals surface area contributed by atoms with Crippen LogP contribution in [0.4, 0.5) is 0 Å². The summed E-state index contributed by atoms with van der Waals surface area (Å²) in [4.78, 5) is 0. The average molecular weight is 304 g/mol. The van der Waals surface area contributed by atoms with Gasteiger partial charge in [0, 0.05) is 10.7 Å². The maximum Gasteiger partial charge on any atom is 0.0345 e. The zero-order valence-corrected chi connectivity index (χ0v) is 14.3. The average Bonchev–Trinajstić information content (AvgIpc) is 2.92. The summed E-state index contributed by atoms with van der Waals surface area (Å²) in [5.41, 5.74) is 1.53. The smallest absolute Gasteiger partial charge is 0.0345 e. The number of thiophene rings is 1. The van der Waals surface area contributed by atoms with Crippen LogP contribution in [0, 0.1) is 0 Å². The van der Waals surface area contributed by atoms with Crippen LogP contribution >= 0.6 is 11.3 Å². The van der Waals surface area contributed by atoms with Crippen molar-refractivity contribution in [1.29, 1.82) is 0 Å². The molecule has 0 aliphatic rings. The number of rotatable bonds is 10. The summed E-state index contributed by atoms with van der Waals surface area (Å²) < 4.78 is 1.42. The first-order valence-corrected chi connectivity index (χ1v) is 9.41.